The molecule has 1 atom stereocenters. The van der Waals surface area contributed by atoms with Crippen LogP contribution in [0.15, 0.2) is 24.3 Å². The second kappa shape index (κ2) is 8.99. The second-order valence-electron chi connectivity index (χ2n) is 6.39. The molecular formula is C18H27FN2O2. The van der Waals surface area contributed by atoms with Crippen molar-refractivity contribution in [3.63, 3.8) is 0 Å². The van der Waals surface area contributed by atoms with Crippen LogP contribution in [-0.2, 0) is 16.0 Å². The number of halogens is 1. The van der Waals surface area contributed by atoms with E-state index in [0.29, 0.717) is 31.3 Å². The zero-order chi connectivity index (χ0) is 16.7. The van der Waals surface area contributed by atoms with E-state index in [-0.39, 0.29) is 11.7 Å². The average molecular weight is 322 g/mol. The van der Waals surface area contributed by atoms with Gasteiger partial charge in [0.1, 0.15) is 5.82 Å². The number of carbonyl (C=O) groups excluding carboxylic acids is 1. The minimum absolute atomic E-state index is 0.0493. The Kier molecular flexibility index (Phi) is 6.99. The van der Waals surface area contributed by atoms with Crippen LogP contribution in [0.1, 0.15) is 25.8 Å². The molecule has 1 unspecified atom stereocenters. The average Bonchev–Trinajstić information content (AvgIpc) is 2.55. The van der Waals surface area contributed by atoms with E-state index < -0.39 is 0 Å². The maximum Gasteiger partial charge on any atom is 0.220 e. The van der Waals surface area contributed by atoms with E-state index >= 15 is 0 Å². The fourth-order valence-electron chi connectivity index (χ4n) is 2.91. The Morgan fingerprint density at radius 3 is 2.52 bits per heavy atom. The van der Waals surface area contributed by atoms with Gasteiger partial charge in [0.15, 0.2) is 0 Å². The Morgan fingerprint density at radius 1 is 1.26 bits per heavy atom. The minimum atomic E-state index is -0.247. The van der Waals surface area contributed by atoms with Crippen molar-refractivity contribution in [2.45, 2.75) is 32.7 Å². The number of rotatable bonds is 7. The van der Waals surface area contributed by atoms with Gasteiger partial charge in [-0.25, -0.2) is 4.39 Å². The monoisotopic (exact) mass is 322 g/mol. The number of ether oxygens (including phenoxy) is 1. The molecule has 0 aromatic heterocycles. The van der Waals surface area contributed by atoms with Crippen LogP contribution in [0, 0.1) is 11.7 Å². The van der Waals surface area contributed by atoms with Gasteiger partial charge in [0.25, 0.3) is 0 Å². The molecule has 1 fully saturated rings. The van der Waals surface area contributed by atoms with Crippen LogP contribution in [0.3, 0.4) is 0 Å². The Bertz CT molecular complexity index is 484. The predicted octanol–water partition coefficient (Wildman–Crippen LogP) is 2.23. The Labute approximate surface area is 138 Å². The molecule has 0 saturated carbocycles. The van der Waals surface area contributed by atoms with Gasteiger partial charge in [0, 0.05) is 32.1 Å². The number of hydrogen-bond donors (Lipinski definition) is 1. The van der Waals surface area contributed by atoms with E-state index in [9.17, 15) is 9.18 Å². The van der Waals surface area contributed by atoms with Gasteiger partial charge in [-0.3, -0.25) is 9.69 Å². The Morgan fingerprint density at radius 2 is 1.91 bits per heavy atom. The van der Waals surface area contributed by atoms with E-state index in [1.54, 1.807) is 12.1 Å². The molecule has 0 aliphatic carbocycles. The van der Waals surface area contributed by atoms with Gasteiger partial charge in [-0.15, -0.1) is 0 Å². The summed E-state index contributed by atoms with van der Waals surface area (Å²) in [5.74, 6) is 0.280. The summed E-state index contributed by atoms with van der Waals surface area (Å²) in [4.78, 5) is 14.5. The molecule has 5 heteroatoms. The topological polar surface area (TPSA) is 41.6 Å². The fraction of sp³-hybridized carbons (Fsp3) is 0.611. The lowest BCUT2D eigenvalue weighted by molar-refractivity contribution is -0.121. The number of morpholine rings is 1. The normalized spacial score (nSPS) is 17.2. The molecule has 1 amide bonds. The van der Waals surface area contributed by atoms with Gasteiger partial charge in [0.05, 0.1) is 13.2 Å². The number of nitrogens with one attached hydrogen (secondary N) is 1. The molecule has 128 valence electrons. The predicted molar refractivity (Wildman–Crippen MR) is 88.7 cm³/mol. The number of carbonyl (C=O) groups is 1. The minimum Gasteiger partial charge on any atom is -0.379 e. The van der Waals surface area contributed by atoms with Crippen molar-refractivity contribution >= 4 is 5.91 Å². The first-order valence-electron chi connectivity index (χ1n) is 8.39. The highest BCUT2D eigenvalue weighted by Crippen LogP contribution is 2.12. The quantitative estimate of drug-likeness (QED) is 0.837. The van der Waals surface area contributed by atoms with E-state index in [2.05, 4.69) is 24.1 Å². The van der Waals surface area contributed by atoms with Crippen LogP contribution < -0.4 is 5.32 Å². The molecule has 23 heavy (non-hydrogen) atoms. The standard InChI is InChI=1S/C18H27FN2O2/c1-14(2)17(21-9-11-23-12-10-21)13-20-18(22)8-5-15-3-6-16(19)7-4-15/h3-4,6-7,14,17H,5,8-13H2,1-2H3,(H,20,22). The van der Waals surface area contributed by atoms with E-state index in [1.165, 1.54) is 12.1 Å². The summed E-state index contributed by atoms with van der Waals surface area (Å²) in [6, 6.07) is 6.66. The molecule has 1 aromatic rings. The zero-order valence-corrected chi connectivity index (χ0v) is 14.1. The van der Waals surface area contributed by atoms with E-state index in [4.69, 9.17) is 4.74 Å². The summed E-state index contributed by atoms with van der Waals surface area (Å²) >= 11 is 0. The molecule has 1 saturated heterocycles. The summed E-state index contributed by atoms with van der Waals surface area (Å²) in [6.45, 7) is 8.42. The molecule has 4 nitrogen and oxygen atoms in total. The van der Waals surface area contributed by atoms with Crippen LogP contribution in [0.25, 0.3) is 0 Å². The molecule has 0 spiro atoms. The van der Waals surface area contributed by atoms with Gasteiger partial charge in [-0.05, 0) is 30.0 Å². The first-order valence-corrected chi connectivity index (χ1v) is 8.39. The van der Waals surface area contributed by atoms with Crippen molar-refractivity contribution in [1.82, 2.24) is 10.2 Å². The number of aryl methyl sites for hydroxylation is 1. The summed E-state index contributed by atoms with van der Waals surface area (Å²) in [6.07, 6.45) is 1.07. The molecule has 1 N–H and O–H groups in total. The van der Waals surface area contributed by atoms with Crippen molar-refractivity contribution in [3.05, 3.63) is 35.6 Å². The molecule has 1 heterocycles. The van der Waals surface area contributed by atoms with Crippen molar-refractivity contribution in [2.24, 2.45) is 5.92 Å². The van der Waals surface area contributed by atoms with Gasteiger partial charge in [-0.2, -0.15) is 0 Å². The summed E-state index contributed by atoms with van der Waals surface area (Å²) in [5, 5.41) is 3.05. The third kappa shape index (κ3) is 5.92. The molecular weight excluding hydrogens is 295 g/mol. The fourth-order valence-corrected chi connectivity index (χ4v) is 2.91. The Balaban J connectivity index is 1.75. The van der Waals surface area contributed by atoms with Gasteiger partial charge in [-0.1, -0.05) is 26.0 Å². The lowest BCUT2D eigenvalue weighted by atomic mass is 10.0. The third-order valence-corrected chi connectivity index (χ3v) is 4.35. The number of hydrogen-bond acceptors (Lipinski definition) is 3. The highest BCUT2D eigenvalue weighted by molar-refractivity contribution is 5.76. The van der Waals surface area contributed by atoms with Crippen LogP contribution >= 0.6 is 0 Å². The molecule has 1 aliphatic rings. The van der Waals surface area contributed by atoms with Gasteiger partial charge in [0.2, 0.25) is 5.91 Å². The van der Waals surface area contributed by atoms with Crippen molar-refractivity contribution in [3.8, 4) is 0 Å². The maximum atomic E-state index is 12.9. The highest BCUT2D eigenvalue weighted by Gasteiger charge is 2.24. The number of nitrogens with zero attached hydrogens (tertiary/aromatic N) is 1. The summed E-state index contributed by atoms with van der Waals surface area (Å²) in [7, 11) is 0. The SMILES string of the molecule is CC(C)C(CNC(=O)CCc1ccc(F)cc1)N1CCOCC1. The number of benzene rings is 1. The lowest BCUT2D eigenvalue weighted by Gasteiger charge is -2.36. The third-order valence-electron chi connectivity index (χ3n) is 4.35. The van der Waals surface area contributed by atoms with Gasteiger partial charge < -0.3 is 10.1 Å². The molecule has 2 rings (SSSR count). The lowest BCUT2D eigenvalue weighted by Crippen LogP contribution is -2.51. The first-order chi connectivity index (χ1) is 11.1. The van der Waals surface area contributed by atoms with Crippen LogP contribution in [-0.4, -0.2) is 49.7 Å². The first kappa shape index (κ1) is 17.9. The van der Waals surface area contributed by atoms with Crippen molar-refractivity contribution in [2.75, 3.05) is 32.8 Å². The summed E-state index contributed by atoms with van der Waals surface area (Å²) < 4.78 is 18.3. The molecule has 0 bridgehead atoms. The van der Waals surface area contributed by atoms with Crippen LogP contribution in [0.2, 0.25) is 0 Å². The highest BCUT2D eigenvalue weighted by atomic mass is 19.1. The number of amides is 1. The maximum absolute atomic E-state index is 12.9. The summed E-state index contributed by atoms with van der Waals surface area (Å²) in [5.41, 5.74) is 0.982. The van der Waals surface area contributed by atoms with E-state index in [0.717, 1.165) is 31.9 Å². The smallest absolute Gasteiger partial charge is 0.220 e. The zero-order valence-electron chi connectivity index (χ0n) is 14.1. The van der Waals surface area contributed by atoms with Crippen LogP contribution in [0.5, 0.6) is 0 Å². The van der Waals surface area contributed by atoms with Crippen molar-refractivity contribution in [1.29, 1.82) is 0 Å². The van der Waals surface area contributed by atoms with Gasteiger partial charge >= 0.3 is 0 Å². The Hall–Kier alpha value is -1.46. The van der Waals surface area contributed by atoms with E-state index in [1.807, 2.05) is 0 Å². The largest absolute Gasteiger partial charge is 0.379 e. The second-order valence-corrected chi connectivity index (χ2v) is 6.39. The van der Waals surface area contributed by atoms with Crippen molar-refractivity contribution < 1.29 is 13.9 Å². The molecule has 1 aliphatic heterocycles. The molecule has 0 radical (unpaired) electrons. The van der Waals surface area contributed by atoms with Crippen LogP contribution in [0.4, 0.5) is 4.39 Å². The molecule has 1 aromatic carbocycles.